The van der Waals surface area contributed by atoms with Gasteiger partial charge in [0, 0.05) is 12.6 Å². The highest BCUT2D eigenvalue weighted by molar-refractivity contribution is 5.84. The van der Waals surface area contributed by atoms with Gasteiger partial charge in [0.15, 0.2) is 0 Å². The Morgan fingerprint density at radius 3 is 2.50 bits per heavy atom. The molecule has 3 unspecified atom stereocenters. The second kappa shape index (κ2) is 8.71. The summed E-state index contributed by atoms with van der Waals surface area (Å²) in [6.07, 6.45) is 3.41. The number of benzene rings is 1. The monoisotopic (exact) mass is 331 g/mol. The van der Waals surface area contributed by atoms with Crippen LogP contribution in [0, 0.1) is 18.8 Å². The Hall–Kier alpha value is -2.04. The Morgan fingerprint density at radius 1 is 1.08 bits per heavy atom. The smallest absolute Gasteiger partial charge is 0.315 e. The van der Waals surface area contributed by atoms with E-state index in [1.807, 2.05) is 31.2 Å². The highest BCUT2D eigenvalue weighted by Crippen LogP contribution is 2.29. The third-order valence-corrected chi connectivity index (χ3v) is 5.04. The molecule has 3 atom stereocenters. The highest BCUT2D eigenvalue weighted by Gasteiger charge is 2.27. The average molecular weight is 331 g/mol. The third-order valence-electron chi connectivity index (χ3n) is 5.04. The first-order chi connectivity index (χ1) is 11.5. The molecule has 24 heavy (non-hydrogen) atoms. The molecular formula is C19H29N3O2. The van der Waals surface area contributed by atoms with Crippen LogP contribution in [0.15, 0.2) is 24.3 Å². The van der Waals surface area contributed by atoms with Crippen LogP contribution in [0.2, 0.25) is 0 Å². The normalized spacial score (nSPS) is 23.4. The molecule has 3 N–H and O–H groups in total. The van der Waals surface area contributed by atoms with Crippen molar-refractivity contribution in [3.05, 3.63) is 35.4 Å². The van der Waals surface area contributed by atoms with E-state index in [9.17, 15) is 9.59 Å². The molecule has 0 saturated heterocycles. The standard InChI is InChI=1S/C19H29N3O2/c1-13-7-9-16(10-8-13)11-20-19(24)21-12-18(23)22-17-6-4-5-14(2)15(17)3/h7-10,14-15,17H,4-6,11-12H2,1-3H3,(H,22,23)(H2,20,21,24). The summed E-state index contributed by atoms with van der Waals surface area (Å²) in [5.41, 5.74) is 2.22. The molecule has 0 aromatic heterocycles. The van der Waals surface area contributed by atoms with Crippen molar-refractivity contribution in [2.45, 2.75) is 52.6 Å². The van der Waals surface area contributed by atoms with E-state index in [1.54, 1.807) is 0 Å². The molecule has 0 radical (unpaired) electrons. The van der Waals surface area contributed by atoms with Crippen molar-refractivity contribution in [1.82, 2.24) is 16.0 Å². The van der Waals surface area contributed by atoms with Gasteiger partial charge in [0.05, 0.1) is 6.54 Å². The number of amides is 3. The molecule has 1 aliphatic carbocycles. The fourth-order valence-electron chi connectivity index (χ4n) is 3.15. The van der Waals surface area contributed by atoms with E-state index in [-0.39, 0.29) is 24.5 Å². The molecule has 0 bridgehead atoms. The minimum absolute atomic E-state index is 0.0112. The van der Waals surface area contributed by atoms with Crippen molar-refractivity contribution in [3.8, 4) is 0 Å². The van der Waals surface area contributed by atoms with Crippen molar-refractivity contribution in [2.24, 2.45) is 11.8 Å². The van der Waals surface area contributed by atoms with Gasteiger partial charge in [0.2, 0.25) is 5.91 Å². The van der Waals surface area contributed by atoms with Gasteiger partial charge in [-0.3, -0.25) is 4.79 Å². The number of urea groups is 1. The number of carbonyl (C=O) groups is 2. The van der Waals surface area contributed by atoms with E-state index in [4.69, 9.17) is 0 Å². The second-order valence-corrected chi connectivity index (χ2v) is 6.96. The molecular weight excluding hydrogens is 302 g/mol. The van der Waals surface area contributed by atoms with Gasteiger partial charge in [-0.2, -0.15) is 0 Å². The van der Waals surface area contributed by atoms with Crippen LogP contribution in [-0.2, 0) is 11.3 Å². The number of hydrogen-bond acceptors (Lipinski definition) is 2. The number of rotatable bonds is 5. The molecule has 1 aromatic rings. The molecule has 1 aromatic carbocycles. The van der Waals surface area contributed by atoms with Gasteiger partial charge in [-0.1, -0.05) is 56.5 Å². The van der Waals surface area contributed by atoms with Crippen LogP contribution in [0.25, 0.3) is 0 Å². The second-order valence-electron chi connectivity index (χ2n) is 6.96. The van der Waals surface area contributed by atoms with Crippen LogP contribution in [0.1, 0.15) is 44.2 Å². The Labute approximate surface area is 144 Å². The molecule has 1 saturated carbocycles. The predicted molar refractivity (Wildman–Crippen MR) is 95.5 cm³/mol. The highest BCUT2D eigenvalue weighted by atomic mass is 16.2. The van der Waals surface area contributed by atoms with E-state index in [2.05, 4.69) is 29.8 Å². The maximum atomic E-state index is 12.0. The summed E-state index contributed by atoms with van der Waals surface area (Å²) in [7, 11) is 0. The molecule has 5 nitrogen and oxygen atoms in total. The largest absolute Gasteiger partial charge is 0.352 e. The van der Waals surface area contributed by atoms with Crippen LogP contribution < -0.4 is 16.0 Å². The van der Waals surface area contributed by atoms with E-state index >= 15 is 0 Å². The van der Waals surface area contributed by atoms with Crippen LogP contribution in [-0.4, -0.2) is 24.5 Å². The van der Waals surface area contributed by atoms with Gasteiger partial charge >= 0.3 is 6.03 Å². The lowest BCUT2D eigenvalue weighted by molar-refractivity contribution is -0.121. The lowest BCUT2D eigenvalue weighted by Gasteiger charge is -2.34. The average Bonchev–Trinajstić information content (AvgIpc) is 2.56. The van der Waals surface area contributed by atoms with Crippen LogP contribution >= 0.6 is 0 Å². The van der Waals surface area contributed by atoms with E-state index < -0.39 is 0 Å². The summed E-state index contributed by atoms with van der Waals surface area (Å²) in [5, 5.41) is 8.43. The van der Waals surface area contributed by atoms with Crippen molar-refractivity contribution >= 4 is 11.9 Å². The molecule has 3 amide bonds. The summed E-state index contributed by atoms with van der Waals surface area (Å²) >= 11 is 0. The third kappa shape index (κ3) is 5.55. The van der Waals surface area contributed by atoms with Gasteiger partial charge in [-0.25, -0.2) is 4.79 Å². The summed E-state index contributed by atoms with van der Waals surface area (Å²) < 4.78 is 0. The van der Waals surface area contributed by atoms with Crippen molar-refractivity contribution in [1.29, 1.82) is 0 Å². The molecule has 132 valence electrons. The van der Waals surface area contributed by atoms with Gasteiger partial charge < -0.3 is 16.0 Å². The lowest BCUT2D eigenvalue weighted by atomic mass is 9.78. The number of aryl methyl sites for hydroxylation is 1. The quantitative estimate of drug-likeness (QED) is 0.776. The minimum atomic E-state index is -0.323. The summed E-state index contributed by atoms with van der Waals surface area (Å²) in [5.74, 6) is 0.999. The van der Waals surface area contributed by atoms with Crippen molar-refractivity contribution in [3.63, 3.8) is 0 Å². The minimum Gasteiger partial charge on any atom is -0.352 e. The Morgan fingerprint density at radius 2 is 1.79 bits per heavy atom. The van der Waals surface area contributed by atoms with Gasteiger partial charge in [-0.15, -0.1) is 0 Å². The fourth-order valence-corrected chi connectivity index (χ4v) is 3.15. The molecule has 1 fully saturated rings. The SMILES string of the molecule is Cc1ccc(CNC(=O)NCC(=O)NC2CCCC(C)C2C)cc1. The molecule has 2 rings (SSSR count). The van der Waals surface area contributed by atoms with Gasteiger partial charge in [0.25, 0.3) is 0 Å². The van der Waals surface area contributed by atoms with E-state index in [1.165, 1.54) is 12.0 Å². The maximum Gasteiger partial charge on any atom is 0.315 e. The number of carbonyl (C=O) groups excluding carboxylic acids is 2. The summed E-state index contributed by atoms with van der Waals surface area (Å²) in [4.78, 5) is 23.8. The summed E-state index contributed by atoms with van der Waals surface area (Å²) in [6, 6.07) is 7.88. The van der Waals surface area contributed by atoms with Crippen molar-refractivity contribution in [2.75, 3.05) is 6.54 Å². The summed E-state index contributed by atoms with van der Waals surface area (Å²) in [6.45, 7) is 6.91. The van der Waals surface area contributed by atoms with E-state index in [0.29, 0.717) is 18.4 Å². The fraction of sp³-hybridized carbons (Fsp3) is 0.579. The molecule has 0 aliphatic heterocycles. The first-order valence-electron chi connectivity index (χ1n) is 8.82. The van der Waals surface area contributed by atoms with Crippen molar-refractivity contribution < 1.29 is 9.59 Å². The predicted octanol–water partition coefficient (Wildman–Crippen LogP) is 2.74. The van der Waals surface area contributed by atoms with E-state index in [0.717, 1.165) is 18.4 Å². The first kappa shape index (κ1) is 18.3. The number of hydrogen-bond donors (Lipinski definition) is 3. The van der Waals surface area contributed by atoms with Gasteiger partial charge in [-0.05, 0) is 30.7 Å². The molecule has 0 spiro atoms. The van der Waals surface area contributed by atoms with Gasteiger partial charge in [0.1, 0.15) is 0 Å². The topological polar surface area (TPSA) is 70.2 Å². The van der Waals surface area contributed by atoms with Crippen LogP contribution in [0.4, 0.5) is 4.79 Å². The lowest BCUT2D eigenvalue weighted by Crippen LogP contribution is -2.48. The molecule has 0 heterocycles. The maximum absolute atomic E-state index is 12.0. The first-order valence-corrected chi connectivity index (χ1v) is 8.82. The zero-order valence-electron chi connectivity index (χ0n) is 14.9. The van der Waals surface area contributed by atoms with Crippen LogP contribution in [0.5, 0.6) is 0 Å². The Balaban J connectivity index is 1.67. The Kier molecular flexibility index (Phi) is 6.64. The molecule has 1 aliphatic rings. The molecule has 5 heteroatoms. The zero-order valence-corrected chi connectivity index (χ0v) is 14.9. The number of nitrogens with one attached hydrogen (secondary N) is 3. The zero-order chi connectivity index (χ0) is 17.5. The van der Waals surface area contributed by atoms with Crippen LogP contribution in [0.3, 0.4) is 0 Å². The Bertz CT molecular complexity index is 556.